The van der Waals surface area contributed by atoms with Crippen LogP contribution in [-0.4, -0.2) is 0 Å². The number of halogens is 1. The molecule has 17 heavy (non-hydrogen) atoms. The molecule has 0 aliphatic carbocycles. The van der Waals surface area contributed by atoms with E-state index in [-0.39, 0.29) is 0 Å². The maximum absolute atomic E-state index is 3.83. The topological polar surface area (TPSA) is 0 Å². The van der Waals surface area contributed by atoms with Gasteiger partial charge in [-0.1, -0.05) is 46.8 Å². The third-order valence-electron chi connectivity index (χ3n) is 2.93. The molecule has 0 amide bonds. The molecule has 1 heteroatoms. The van der Waals surface area contributed by atoms with Crippen LogP contribution in [0.5, 0.6) is 0 Å². The van der Waals surface area contributed by atoms with Crippen molar-refractivity contribution in [3.05, 3.63) is 64.1 Å². The van der Waals surface area contributed by atoms with Crippen molar-refractivity contribution in [2.24, 2.45) is 0 Å². The van der Waals surface area contributed by atoms with Crippen molar-refractivity contribution in [1.29, 1.82) is 0 Å². The van der Waals surface area contributed by atoms with Gasteiger partial charge in [0, 0.05) is 4.47 Å². The number of hydrogen-bond donors (Lipinski definition) is 0. The predicted molar refractivity (Wildman–Crippen MR) is 79.1 cm³/mol. The van der Waals surface area contributed by atoms with Crippen LogP contribution >= 0.6 is 15.9 Å². The van der Waals surface area contributed by atoms with Crippen molar-refractivity contribution >= 4 is 22.0 Å². The Labute approximate surface area is 111 Å². The van der Waals surface area contributed by atoms with Gasteiger partial charge in [-0.3, -0.25) is 0 Å². The Hall–Kier alpha value is -1.34. The van der Waals surface area contributed by atoms with Gasteiger partial charge in [0.1, 0.15) is 0 Å². The van der Waals surface area contributed by atoms with Gasteiger partial charge in [-0.25, -0.2) is 0 Å². The summed E-state index contributed by atoms with van der Waals surface area (Å²) in [7, 11) is 0. The zero-order valence-electron chi connectivity index (χ0n) is 10.1. The van der Waals surface area contributed by atoms with Gasteiger partial charge in [-0.15, -0.1) is 0 Å². The van der Waals surface area contributed by atoms with Crippen molar-refractivity contribution in [2.75, 3.05) is 0 Å². The molecule has 0 atom stereocenters. The van der Waals surface area contributed by atoms with E-state index in [0.717, 1.165) is 10.0 Å². The quantitative estimate of drug-likeness (QED) is 0.696. The minimum Gasteiger partial charge on any atom is -0.0985 e. The molecule has 0 aromatic heterocycles. The van der Waals surface area contributed by atoms with Crippen LogP contribution in [-0.2, 0) is 0 Å². The smallest absolute Gasteiger partial charge is 0.0187 e. The largest absolute Gasteiger partial charge is 0.0985 e. The summed E-state index contributed by atoms with van der Waals surface area (Å²) in [5.74, 6) is 0. The Bertz CT molecular complexity index is 547. The summed E-state index contributed by atoms with van der Waals surface area (Å²) >= 11 is 3.55. The maximum Gasteiger partial charge on any atom is 0.0187 e. The molecule has 2 rings (SSSR count). The molecule has 2 aromatic rings. The normalized spacial score (nSPS) is 10.3. The second-order valence-electron chi connectivity index (χ2n) is 4.24. The van der Waals surface area contributed by atoms with Gasteiger partial charge in [-0.2, -0.15) is 0 Å². The molecule has 0 saturated heterocycles. The molecular formula is C16H15Br. The fraction of sp³-hybridized carbons (Fsp3) is 0.125. The van der Waals surface area contributed by atoms with Crippen molar-refractivity contribution in [3.8, 4) is 11.1 Å². The van der Waals surface area contributed by atoms with Crippen LogP contribution in [0.1, 0.15) is 16.7 Å². The van der Waals surface area contributed by atoms with Gasteiger partial charge in [0.25, 0.3) is 0 Å². The molecule has 0 N–H and O–H groups in total. The van der Waals surface area contributed by atoms with Gasteiger partial charge in [0.15, 0.2) is 0 Å². The highest BCUT2D eigenvalue weighted by Gasteiger charge is 2.06. The molecule has 0 radical (unpaired) electrons. The molecule has 0 unspecified atom stereocenters. The van der Waals surface area contributed by atoms with E-state index < -0.39 is 0 Å². The Morgan fingerprint density at radius 2 is 1.71 bits per heavy atom. The van der Waals surface area contributed by atoms with Crippen LogP contribution in [0.2, 0.25) is 0 Å². The molecule has 0 spiro atoms. The number of hydrogen-bond acceptors (Lipinski definition) is 0. The third kappa shape index (κ3) is 2.50. The highest BCUT2D eigenvalue weighted by atomic mass is 79.9. The maximum atomic E-state index is 3.83. The second kappa shape index (κ2) is 4.89. The van der Waals surface area contributed by atoms with Crippen molar-refractivity contribution in [2.45, 2.75) is 13.8 Å². The molecular weight excluding hydrogens is 272 g/mol. The lowest BCUT2D eigenvalue weighted by molar-refractivity contribution is 1.37. The SMILES string of the molecule is C=Cc1cc(Br)cc(-c2c(C)cccc2C)c1. The van der Waals surface area contributed by atoms with Crippen LogP contribution in [0.15, 0.2) is 47.4 Å². The van der Waals surface area contributed by atoms with Gasteiger partial charge in [0.2, 0.25) is 0 Å². The highest BCUT2D eigenvalue weighted by molar-refractivity contribution is 9.10. The minimum atomic E-state index is 1.09. The van der Waals surface area contributed by atoms with E-state index in [0.29, 0.717) is 0 Å². The average Bonchev–Trinajstić information content (AvgIpc) is 2.28. The van der Waals surface area contributed by atoms with Crippen LogP contribution in [0.25, 0.3) is 17.2 Å². The number of benzene rings is 2. The Morgan fingerprint density at radius 1 is 1.06 bits per heavy atom. The van der Waals surface area contributed by atoms with E-state index in [1.165, 1.54) is 22.3 Å². The molecule has 0 aliphatic heterocycles. The lowest BCUT2D eigenvalue weighted by Gasteiger charge is -2.11. The van der Waals surface area contributed by atoms with Crippen molar-refractivity contribution in [1.82, 2.24) is 0 Å². The summed E-state index contributed by atoms with van der Waals surface area (Å²) in [6.45, 7) is 8.13. The summed E-state index contributed by atoms with van der Waals surface area (Å²) in [5, 5.41) is 0. The predicted octanol–water partition coefficient (Wildman–Crippen LogP) is 5.38. The summed E-state index contributed by atoms with van der Waals surface area (Å²) in [4.78, 5) is 0. The molecule has 0 nitrogen and oxygen atoms in total. The van der Waals surface area contributed by atoms with Gasteiger partial charge in [-0.05, 0) is 59.9 Å². The lowest BCUT2D eigenvalue weighted by atomic mass is 9.95. The first-order valence-corrected chi connectivity index (χ1v) is 6.40. The van der Waals surface area contributed by atoms with E-state index >= 15 is 0 Å². The minimum absolute atomic E-state index is 1.09. The summed E-state index contributed by atoms with van der Waals surface area (Å²) < 4.78 is 1.09. The summed E-state index contributed by atoms with van der Waals surface area (Å²) in [6.07, 6.45) is 1.88. The van der Waals surface area contributed by atoms with Crippen LogP contribution in [0.4, 0.5) is 0 Å². The first-order chi connectivity index (χ1) is 8.11. The van der Waals surface area contributed by atoms with E-state index in [1.807, 2.05) is 6.08 Å². The van der Waals surface area contributed by atoms with Gasteiger partial charge >= 0.3 is 0 Å². The fourth-order valence-corrected chi connectivity index (χ4v) is 2.66. The first kappa shape index (κ1) is 12.1. The molecule has 0 saturated carbocycles. The highest BCUT2D eigenvalue weighted by Crippen LogP contribution is 2.30. The fourth-order valence-electron chi connectivity index (χ4n) is 2.14. The average molecular weight is 287 g/mol. The van der Waals surface area contributed by atoms with Crippen molar-refractivity contribution < 1.29 is 0 Å². The Kier molecular flexibility index (Phi) is 3.49. The zero-order valence-corrected chi connectivity index (χ0v) is 11.7. The van der Waals surface area contributed by atoms with Gasteiger partial charge < -0.3 is 0 Å². The number of rotatable bonds is 2. The molecule has 0 aliphatic rings. The number of aryl methyl sites for hydroxylation is 2. The van der Waals surface area contributed by atoms with E-state index in [9.17, 15) is 0 Å². The first-order valence-electron chi connectivity index (χ1n) is 5.61. The molecule has 86 valence electrons. The van der Waals surface area contributed by atoms with Crippen LogP contribution < -0.4 is 0 Å². The van der Waals surface area contributed by atoms with Crippen molar-refractivity contribution in [3.63, 3.8) is 0 Å². The van der Waals surface area contributed by atoms with E-state index in [2.05, 4.69) is 72.8 Å². The van der Waals surface area contributed by atoms with Crippen LogP contribution in [0, 0.1) is 13.8 Å². The summed E-state index contributed by atoms with van der Waals surface area (Å²) in [5.41, 5.74) is 6.30. The van der Waals surface area contributed by atoms with E-state index in [4.69, 9.17) is 0 Å². The molecule has 0 heterocycles. The Balaban J connectivity index is 2.68. The second-order valence-corrected chi connectivity index (χ2v) is 5.16. The summed E-state index contributed by atoms with van der Waals surface area (Å²) in [6, 6.07) is 12.8. The van der Waals surface area contributed by atoms with Gasteiger partial charge in [0.05, 0.1) is 0 Å². The zero-order chi connectivity index (χ0) is 12.4. The van der Waals surface area contributed by atoms with E-state index in [1.54, 1.807) is 0 Å². The molecule has 0 bridgehead atoms. The van der Waals surface area contributed by atoms with Crippen LogP contribution in [0.3, 0.4) is 0 Å². The lowest BCUT2D eigenvalue weighted by Crippen LogP contribution is -1.88. The molecule has 2 aromatic carbocycles. The monoisotopic (exact) mass is 286 g/mol. The third-order valence-corrected chi connectivity index (χ3v) is 3.38. The molecule has 0 fully saturated rings. The standard InChI is InChI=1S/C16H15Br/c1-4-13-8-14(10-15(17)9-13)16-11(2)6-5-7-12(16)3/h4-10H,1H2,2-3H3. The Morgan fingerprint density at radius 3 is 2.29 bits per heavy atom.